The summed E-state index contributed by atoms with van der Waals surface area (Å²) >= 11 is 0. The Morgan fingerprint density at radius 1 is 1.22 bits per heavy atom. The van der Waals surface area contributed by atoms with Gasteiger partial charge in [-0.2, -0.15) is 5.26 Å². The summed E-state index contributed by atoms with van der Waals surface area (Å²) in [6.07, 6.45) is 3.41. The lowest BCUT2D eigenvalue weighted by atomic mass is 10.1. The standard InChI is InChI=1S/C19H20N2O2/c1-14-5-7-17(13-15(14)2)21(12-4-11-20)19(22)10-9-18-8-6-16(3)23-18/h5-10,13H,4,12H2,1-3H3. The molecule has 0 unspecified atom stereocenters. The Balaban J connectivity index is 2.23. The fourth-order valence-corrected chi connectivity index (χ4v) is 2.21. The lowest BCUT2D eigenvalue weighted by Gasteiger charge is -2.21. The Morgan fingerprint density at radius 2 is 2.00 bits per heavy atom. The molecule has 4 heteroatoms. The van der Waals surface area contributed by atoms with Crippen molar-refractivity contribution >= 4 is 17.7 Å². The fraction of sp³-hybridized carbons (Fsp3) is 0.263. The molecule has 0 saturated carbocycles. The number of carbonyl (C=O) groups is 1. The monoisotopic (exact) mass is 308 g/mol. The van der Waals surface area contributed by atoms with Gasteiger partial charge in [-0.3, -0.25) is 4.79 Å². The average Bonchev–Trinajstić information content (AvgIpc) is 2.94. The van der Waals surface area contributed by atoms with E-state index in [1.807, 2.05) is 51.1 Å². The van der Waals surface area contributed by atoms with Crippen LogP contribution in [-0.2, 0) is 4.79 Å². The summed E-state index contributed by atoms with van der Waals surface area (Å²) in [6.45, 7) is 6.25. The Bertz CT molecular complexity index is 766. The number of amides is 1. The summed E-state index contributed by atoms with van der Waals surface area (Å²) in [5, 5.41) is 8.83. The Hall–Kier alpha value is -2.80. The average molecular weight is 308 g/mol. The third-order valence-corrected chi connectivity index (χ3v) is 3.67. The van der Waals surface area contributed by atoms with Gasteiger partial charge in [0.15, 0.2) is 0 Å². The molecule has 1 heterocycles. The molecule has 1 aromatic carbocycles. The number of furan rings is 1. The van der Waals surface area contributed by atoms with Gasteiger partial charge in [-0.1, -0.05) is 6.07 Å². The number of hydrogen-bond acceptors (Lipinski definition) is 3. The molecule has 4 nitrogen and oxygen atoms in total. The van der Waals surface area contributed by atoms with Crippen molar-refractivity contribution < 1.29 is 9.21 Å². The Labute approximate surface area is 136 Å². The highest BCUT2D eigenvalue weighted by Crippen LogP contribution is 2.20. The lowest BCUT2D eigenvalue weighted by molar-refractivity contribution is -0.114. The molecule has 0 bridgehead atoms. The first-order chi connectivity index (χ1) is 11.0. The van der Waals surface area contributed by atoms with Crippen LogP contribution in [0.25, 0.3) is 6.08 Å². The predicted molar refractivity (Wildman–Crippen MR) is 91.0 cm³/mol. The SMILES string of the molecule is Cc1ccc(C=CC(=O)N(CCC#N)c2ccc(C)c(C)c2)o1. The number of nitriles is 1. The minimum Gasteiger partial charge on any atom is -0.462 e. The van der Waals surface area contributed by atoms with Crippen LogP contribution in [0.1, 0.15) is 29.1 Å². The molecule has 0 aliphatic carbocycles. The minimum atomic E-state index is -0.169. The van der Waals surface area contributed by atoms with E-state index in [2.05, 4.69) is 6.07 Å². The number of benzene rings is 1. The molecule has 118 valence electrons. The number of rotatable bonds is 5. The maximum absolute atomic E-state index is 12.5. The topological polar surface area (TPSA) is 57.2 Å². The van der Waals surface area contributed by atoms with Crippen LogP contribution in [0.3, 0.4) is 0 Å². The van der Waals surface area contributed by atoms with Gasteiger partial charge in [-0.05, 0) is 62.2 Å². The van der Waals surface area contributed by atoms with Gasteiger partial charge in [0.1, 0.15) is 11.5 Å². The highest BCUT2D eigenvalue weighted by molar-refractivity contribution is 6.03. The van der Waals surface area contributed by atoms with E-state index in [9.17, 15) is 4.79 Å². The number of aryl methyl sites for hydroxylation is 3. The van der Waals surface area contributed by atoms with Crippen LogP contribution >= 0.6 is 0 Å². The highest BCUT2D eigenvalue weighted by Gasteiger charge is 2.13. The first kappa shape index (κ1) is 16.6. The maximum Gasteiger partial charge on any atom is 0.251 e. The van der Waals surface area contributed by atoms with E-state index in [1.165, 1.54) is 11.6 Å². The van der Waals surface area contributed by atoms with Crippen molar-refractivity contribution in [3.63, 3.8) is 0 Å². The zero-order valence-corrected chi connectivity index (χ0v) is 13.7. The number of anilines is 1. The van der Waals surface area contributed by atoms with Gasteiger partial charge < -0.3 is 9.32 Å². The van der Waals surface area contributed by atoms with Crippen molar-refractivity contribution in [2.75, 3.05) is 11.4 Å². The highest BCUT2D eigenvalue weighted by atomic mass is 16.3. The van der Waals surface area contributed by atoms with Crippen LogP contribution in [-0.4, -0.2) is 12.5 Å². The zero-order valence-electron chi connectivity index (χ0n) is 13.7. The summed E-state index contributed by atoms with van der Waals surface area (Å²) in [7, 11) is 0. The smallest absolute Gasteiger partial charge is 0.251 e. The van der Waals surface area contributed by atoms with Crippen molar-refractivity contribution in [3.8, 4) is 6.07 Å². The van der Waals surface area contributed by atoms with Crippen LogP contribution in [0.15, 0.2) is 40.8 Å². The summed E-state index contributed by atoms with van der Waals surface area (Å²) in [5.74, 6) is 1.27. The van der Waals surface area contributed by atoms with Gasteiger partial charge in [0.2, 0.25) is 0 Å². The zero-order chi connectivity index (χ0) is 16.8. The minimum absolute atomic E-state index is 0.169. The molecule has 0 aliphatic heterocycles. The van der Waals surface area contributed by atoms with E-state index in [4.69, 9.17) is 9.68 Å². The fourth-order valence-electron chi connectivity index (χ4n) is 2.21. The van der Waals surface area contributed by atoms with E-state index in [0.29, 0.717) is 12.3 Å². The maximum atomic E-state index is 12.5. The Morgan fingerprint density at radius 3 is 2.61 bits per heavy atom. The second-order valence-corrected chi connectivity index (χ2v) is 5.45. The van der Waals surface area contributed by atoms with Crippen LogP contribution < -0.4 is 4.90 Å². The normalized spacial score (nSPS) is 10.7. The van der Waals surface area contributed by atoms with E-state index in [-0.39, 0.29) is 12.3 Å². The van der Waals surface area contributed by atoms with E-state index in [1.54, 1.807) is 11.0 Å². The third-order valence-electron chi connectivity index (χ3n) is 3.67. The van der Waals surface area contributed by atoms with Crippen LogP contribution in [0.5, 0.6) is 0 Å². The Kier molecular flexibility index (Phi) is 5.37. The second kappa shape index (κ2) is 7.46. The molecule has 0 radical (unpaired) electrons. The molecule has 0 saturated heterocycles. The van der Waals surface area contributed by atoms with Crippen LogP contribution in [0.2, 0.25) is 0 Å². The molecule has 0 N–H and O–H groups in total. The summed E-state index contributed by atoms with van der Waals surface area (Å²) < 4.78 is 5.43. The molecular weight excluding hydrogens is 288 g/mol. The molecule has 0 aliphatic rings. The summed E-state index contributed by atoms with van der Waals surface area (Å²) in [4.78, 5) is 14.1. The van der Waals surface area contributed by atoms with Crippen molar-refractivity contribution in [3.05, 3.63) is 59.1 Å². The van der Waals surface area contributed by atoms with Crippen LogP contribution in [0.4, 0.5) is 5.69 Å². The van der Waals surface area contributed by atoms with Crippen molar-refractivity contribution in [2.45, 2.75) is 27.2 Å². The predicted octanol–water partition coefficient (Wildman–Crippen LogP) is 4.16. The van der Waals surface area contributed by atoms with E-state index >= 15 is 0 Å². The molecule has 2 aromatic rings. The molecule has 1 aromatic heterocycles. The summed E-state index contributed by atoms with van der Waals surface area (Å²) in [5.41, 5.74) is 3.08. The number of carbonyl (C=O) groups excluding carboxylic acids is 1. The van der Waals surface area contributed by atoms with Gasteiger partial charge in [0.25, 0.3) is 5.91 Å². The van der Waals surface area contributed by atoms with E-state index < -0.39 is 0 Å². The molecule has 2 rings (SSSR count). The van der Waals surface area contributed by atoms with Gasteiger partial charge >= 0.3 is 0 Å². The molecule has 1 amide bonds. The molecule has 0 atom stereocenters. The van der Waals surface area contributed by atoms with E-state index in [0.717, 1.165) is 17.0 Å². The number of nitrogens with zero attached hydrogens (tertiary/aromatic N) is 2. The molecule has 23 heavy (non-hydrogen) atoms. The second-order valence-electron chi connectivity index (χ2n) is 5.45. The van der Waals surface area contributed by atoms with Crippen molar-refractivity contribution in [2.24, 2.45) is 0 Å². The molecule has 0 fully saturated rings. The van der Waals surface area contributed by atoms with Gasteiger partial charge in [0, 0.05) is 18.3 Å². The quantitative estimate of drug-likeness (QED) is 0.779. The van der Waals surface area contributed by atoms with Crippen molar-refractivity contribution in [1.29, 1.82) is 5.26 Å². The largest absolute Gasteiger partial charge is 0.462 e. The van der Waals surface area contributed by atoms with Crippen LogP contribution in [0, 0.1) is 32.1 Å². The van der Waals surface area contributed by atoms with Crippen molar-refractivity contribution in [1.82, 2.24) is 0 Å². The third kappa shape index (κ3) is 4.33. The van der Waals surface area contributed by atoms with Gasteiger partial charge in [-0.15, -0.1) is 0 Å². The van der Waals surface area contributed by atoms with Gasteiger partial charge in [-0.25, -0.2) is 0 Å². The first-order valence-electron chi connectivity index (χ1n) is 7.51. The first-order valence-corrected chi connectivity index (χ1v) is 7.51. The summed E-state index contributed by atoms with van der Waals surface area (Å²) in [6, 6.07) is 11.6. The lowest BCUT2D eigenvalue weighted by Crippen LogP contribution is -2.30. The molecular formula is C19H20N2O2. The number of hydrogen-bond donors (Lipinski definition) is 0. The molecule has 0 spiro atoms. The van der Waals surface area contributed by atoms with Gasteiger partial charge in [0.05, 0.1) is 12.5 Å².